The van der Waals surface area contributed by atoms with Crippen LogP contribution in [0.1, 0.15) is 0 Å². The number of para-hydroxylation sites is 1. The maximum absolute atomic E-state index is 5.95. The minimum atomic E-state index is 0.583. The second kappa shape index (κ2) is 6.44. The Kier molecular flexibility index (Phi) is 3.80. The molecule has 0 bridgehead atoms. The molecule has 4 aromatic rings. The third kappa shape index (κ3) is 2.81. The Morgan fingerprint density at radius 2 is 2.15 bits per heavy atom. The van der Waals surface area contributed by atoms with Crippen LogP contribution >= 0.6 is 0 Å². The van der Waals surface area contributed by atoms with Gasteiger partial charge >= 0.3 is 0 Å². The zero-order valence-electron chi connectivity index (χ0n) is 14.3. The molecular formula is C19H19N5O2. The fraction of sp³-hybridized carbons (Fsp3) is 0.263. The number of furan rings is 1. The molecule has 5 rings (SSSR count). The molecule has 1 aliphatic heterocycles. The minimum absolute atomic E-state index is 0.583. The van der Waals surface area contributed by atoms with Gasteiger partial charge in [0, 0.05) is 37.8 Å². The molecule has 0 amide bonds. The smallest absolute Gasteiger partial charge is 0.231 e. The first kappa shape index (κ1) is 15.4. The van der Waals surface area contributed by atoms with Crippen molar-refractivity contribution >= 4 is 16.6 Å². The van der Waals surface area contributed by atoms with Crippen molar-refractivity contribution in [2.45, 2.75) is 0 Å². The van der Waals surface area contributed by atoms with E-state index in [9.17, 15) is 0 Å². The van der Waals surface area contributed by atoms with Crippen LogP contribution in [-0.2, 0) is 0 Å². The summed E-state index contributed by atoms with van der Waals surface area (Å²) in [7, 11) is 0. The van der Waals surface area contributed by atoms with Crippen molar-refractivity contribution in [3.8, 4) is 17.3 Å². The van der Waals surface area contributed by atoms with Crippen molar-refractivity contribution in [2.24, 2.45) is 0 Å². The molecule has 26 heavy (non-hydrogen) atoms. The van der Waals surface area contributed by atoms with Crippen LogP contribution in [-0.4, -0.2) is 52.4 Å². The third-order valence-corrected chi connectivity index (χ3v) is 4.61. The quantitative estimate of drug-likeness (QED) is 0.597. The molecule has 1 aromatic carbocycles. The molecule has 7 heteroatoms. The van der Waals surface area contributed by atoms with E-state index >= 15 is 0 Å². The molecular weight excluding hydrogens is 330 g/mol. The Morgan fingerprint density at radius 1 is 1.19 bits per heavy atom. The van der Waals surface area contributed by atoms with Gasteiger partial charge in [0.05, 0.1) is 6.20 Å². The van der Waals surface area contributed by atoms with Crippen molar-refractivity contribution in [1.82, 2.24) is 24.8 Å². The molecule has 4 heterocycles. The molecule has 1 N–H and O–H groups in total. The molecule has 132 valence electrons. The van der Waals surface area contributed by atoms with Crippen molar-refractivity contribution in [3.63, 3.8) is 0 Å². The van der Waals surface area contributed by atoms with Crippen LogP contribution < -0.4 is 10.1 Å². The molecule has 0 atom stereocenters. The molecule has 3 aromatic heterocycles. The van der Waals surface area contributed by atoms with Gasteiger partial charge in [0.1, 0.15) is 17.9 Å². The molecule has 1 saturated heterocycles. The van der Waals surface area contributed by atoms with E-state index in [2.05, 4.69) is 20.3 Å². The number of imidazole rings is 1. The van der Waals surface area contributed by atoms with Crippen LogP contribution in [0, 0.1) is 0 Å². The van der Waals surface area contributed by atoms with Crippen LogP contribution in [0.15, 0.2) is 53.1 Å². The Bertz CT molecular complexity index is 1020. The molecule has 0 radical (unpaired) electrons. The predicted octanol–water partition coefficient (Wildman–Crippen LogP) is 2.38. The summed E-state index contributed by atoms with van der Waals surface area (Å²) in [5.41, 5.74) is 2.42. The van der Waals surface area contributed by atoms with E-state index in [4.69, 9.17) is 9.15 Å². The fourth-order valence-electron chi connectivity index (χ4n) is 3.23. The number of rotatable bonds is 5. The monoisotopic (exact) mass is 349 g/mol. The third-order valence-electron chi connectivity index (χ3n) is 4.61. The maximum Gasteiger partial charge on any atom is 0.231 e. The zero-order chi connectivity index (χ0) is 17.3. The average molecular weight is 349 g/mol. The first-order chi connectivity index (χ1) is 12.9. The van der Waals surface area contributed by atoms with Gasteiger partial charge < -0.3 is 14.5 Å². The van der Waals surface area contributed by atoms with Gasteiger partial charge in [0.15, 0.2) is 11.4 Å². The first-order valence-electron chi connectivity index (χ1n) is 8.76. The normalized spacial score (nSPS) is 15.2. The summed E-state index contributed by atoms with van der Waals surface area (Å²) in [6, 6.07) is 13.7. The highest BCUT2D eigenvalue weighted by molar-refractivity contribution is 5.82. The zero-order valence-corrected chi connectivity index (χ0v) is 14.3. The highest BCUT2D eigenvalue weighted by atomic mass is 16.5. The van der Waals surface area contributed by atoms with Gasteiger partial charge in [-0.25, -0.2) is 9.50 Å². The highest BCUT2D eigenvalue weighted by Gasteiger charge is 2.14. The average Bonchev–Trinajstić information content (AvgIpc) is 3.40. The number of hydrogen-bond acceptors (Lipinski definition) is 6. The molecule has 0 aliphatic carbocycles. The van der Waals surface area contributed by atoms with Crippen molar-refractivity contribution < 1.29 is 9.15 Å². The topological polar surface area (TPSA) is 67.8 Å². The number of fused-ring (bicyclic) bond motifs is 2. The molecule has 0 spiro atoms. The molecule has 7 nitrogen and oxygen atoms in total. The molecule has 0 unspecified atom stereocenters. The summed E-state index contributed by atoms with van der Waals surface area (Å²) in [6.07, 6.45) is 1.78. The number of nitrogens with one attached hydrogen (secondary N) is 1. The summed E-state index contributed by atoms with van der Waals surface area (Å²) in [4.78, 5) is 6.73. The highest BCUT2D eigenvalue weighted by Crippen LogP contribution is 2.28. The lowest BCUT2D eigenvalue weighted by Crippen LogP contribution is -2.27. The van der Waals surface area contributed by atoms with Gasteiger partial charge in [-0.2, -0.15) is 0 Å². The van der Waals surface area contributed by atoms with Gasteiger partial charge in [0.25, 0.3) is 0 Å². The largest absolute Gasteiger partial charge is 0.475 e. The van der Waals surface area contributed by atoms with Gasteiger partial charge in [-0.05, 0) is 18.2 Å². The van der Waals surface area contributed by atoms with Crippen LogP contribution in [0.25, 0.3) is 28.1 Å². The maximum atomic E-state index is 5.95. The van der Waals surface area contributed by atoms with Gasteiger partial charge in [-0.1, -0.05) is 18.2 Å². The lowest BCUT2D eigenvalue weighted by Gasteiger charge is -2.13. The van der Waals surface area contributed by atoms with Gasteiger partial charge in [0.2, 0.25) is 5.88 Å². The second-order valence-electron chi connectivity index (χ2n) is 6.36. The van der Waals surface area contributed by atoms with E-state index in [0.717, 1.165) is 54.4 Å². The summed E-state index contributed by atoms with van der Waals surface area (Å²) in [5, 5.41) is 8.95. The van der Waals surface area contributed by atoms with E-state index in [0.29, 0.717) is 12.5 Å². The Hall–Kier alpha value is -2.90. The Balaban J connectivity index is 1.41. The van der Waals surface area contributed by atoms with Gasteiger partial charge in [-0.15, -0.1) is 5.10 Å². The van der Waals surface area contributed by atoms with Gasteiger partial charge in [-0.3, -0.25) is 4.90 Å². The van der Waals surface area contributed by atoms with E-state index in [1.165, 1.54) is 0 Å². The number of ether oxygens (including phenoxy) is 1. The van der Waals surface area contributed by atoms with E-state index in [1.54, 1.807) is 10.7 Å². The predicted molar refractivity (Wildman–Crippen MR) is 98.1 cm³/mol. The number of hydrogen-bond donors (Lipinski definition) is 1. The summed E-state index contributed by atoms with van der Waals surface area (Å²) in [6.45, 7) is 4.52. The van der Waals surface area contributed by atoms with E-state index in [1.807, 2.05) is 42.5 Å². The van der Waals surface area contributed by atoms with E-state index in [-0.39, 0.29) is 0 Å². The molecule has 0 saturated carbocycles. The van der Waals surface area contributed by atoms with Crippen LogP contribution in [0.5, 0.6) is 5.88 Å². The second-order valence-corrected chi connectivity index (χ2v) is 6.36. The number of nitrogens with zero attached hydrogens (tertiary/aromatic N) is 4. The Morgan fingerprint density at radius 3 is 3.04 bits per heavy atom. The number of benzene rings is 1. The van der Waals surface area contributed by atoms with Crippen LogP contribution in [0.2, 0.25) is 0 Å². The SMILES string of the molecule is c1ccc2oc(-c3cnc4ccc(OCCN5CCNC5)nn34)cc2c1. The van der Waals surface area contributed by atoms with Crippen molar-refractivity contribution in [1.29, 1.82) is 0 Å². The summed E-state index contributed by atoms with van der Waals surface area (Å²) >= 11 is 0. The number of aromatic nitrogens is 3. The lowest BCUT2D eigenvalue weighted by molar-refractivity contribution is 0.228. The van der Waals surface area contributed by atoms with Crippen LogP contribution in [0.4, 0.5) is 0 Å². The minimum Gasteiger partial charge on any atom is -0.475 e. The molecule has 1 fully saturated rings. The van der Waals surface area contributed by atoms with Crippen molar-refractivity contribution in [3.05, 3.63) is 48.7 Å². The summed E-state index contributed by atoms with van der Waals surface area (Å²) in [5.74, 6) is 1.33. The Labute approximate surface area is 150 Å². The van der Waals surface area contributed by atoms with E-state index < -0.39 is 0 Å². The lowest BCUT2D eigenvalue weighted by atomic mass is 10.2. The standard InChI is InChI=1S/C19H19N5O2/c1-2-4-16-14(3-1)11-17(26-16)15-12-21-18-5-6-19(22-24(15)18)25-10-9-23-8-7-20-13-23/h1-6,11-12,20H,7-10,13H2. The fourth-order valence-corrected chi connectivity index (χ4v) is 3.23. The summed E-state index contributed by atoms with van der Waals surface area (Å²) < 4.78 is 13.6. The first-order valence-corrected chi connectivity index (χ1v) is 8.76. The van der Waals surface area contributed by atoms with Crippen molar-refractivity contribution in [2.75, 3.05) is 32.9 Å². The molecule has 1 aliphatic rings. The van der Waals surface area contributed by atoms with Crippen LogP contribution in [0.3, 0.4) is 0 Å².